The van der Waals surface area contributed by atoms with Crippen LogP contribution in [0.5, 0.6) is 0 Å². The number of ether oxygens (including phenoxy) is 1. The Kier molecular flexibility index (Phi) is 30.0. The van der Waals surface area contributed by atoms with E-state index in [0.29, 0.717) is 13.0 Å². The topological polar surface area (TPSA) is 26.3 Å². The van der Waals surface area contributed by atoms with Crippen LogP contribution in [0.25, 0.3) is 0 Å². The van der Waals surface area contributed by atoms with Crippen molar-refractivity contribution in [1.82, 2.24) is 0 Å². The van der Waals surface area contributed by atoms with Gasteiger partial charge in [0.25, 0.3) is 0 Å². The normalized spacial score (nSPS) is 11.2. The lowest BCUT2D eigenvalue weighted by Crippen LogP contribution is -2.05. The minimum Gasteiger partial charge on any atom is -0.466 e. The molecule has 0 atom stereocenters. The predicted octanol–water partition coefficient (Wildman–Crippen LogP) is 11.5. The van der Waals surface area contributed by atoms with E-state index < -0.39 is 0 Å². The third kappa shape index (κ3) is 29.5. The average molecular weight is 481 g/mol. The Bertz CT molecular complexity index is 379. The summed E-state index contributed by atoms with van der Waals surface area (Å²) >= 11 is 0. The molecule has 0 aliphatic rings. The zero-order valence-corrected chi connectivity index (χ0v) is 23.8. The molecule has 0 amide bonds. The Labute approximate surface area is 215 Å². The van der Waals surface area contributed by atoms with Crippen LogP contribution in [0.4, 0.5) is 0 Å². The molecular formula is C32H64O2. The monoisotopic (exact) mass is 480 g/mol. The number of esters is 1. The Morgan fingerprint density at radius 2 is 0.647 bits per heavy atom. The van der Waals surface area contributed by atoms with E-state index >= 15 is 0 Å². The van der Waals surface area contributed by atoms with Crippen molar-refractivity contribution < 1.29 is 9.53 Å². The van der Waals surface area contributed by atoms with E-state index in [9.17, 15) is 4.79 Å². The molecule has 0 radical (unpaired) electrons. The summed E-state index contributed by atoms with van der Waals surface area (Å²) in [6.07, 6.45) is 37.2. The maximum absolute atomic E-state index is 11.8. The summed E-state index contributed by atoms with van der Waals surface area (Å²) in [6.45, 7) is 5.20. The molecule has 0 spiro atoms. The van der Waals surface area contributed by atoms with Crippen molar-refractivity contribution in [3.05, 3.63) is 0 Å². The van der Waals surface area contributed by atoms with Crippen LogP contribution >= 0.6 is 0 Å². The van der Waals surface area contributed by atoms with Gasteiger partial charge in [0.1, 0.15) is 0 Å². The molecule has 0 saturated heterocycles. The highest BCUT2D eigenvalue weighted by Crippen LogP contribution is 2.14. The van der Waals surface area contributed by atoms with Crippen LogP contribution in [-0.2, 0) is 9.53 Å². The summed E-state index contributed by atoms with van der Waals surface area (Å²) in [6, 6.07) is 0. The van der Waals surface area contributed by atoms with E-state index in [1.54, 1.807) is 0 Å². The Balaban J connectivity index is 3.12. The van der Waals surface area contributed by atoms with Crippen molar-refractivity contribution in [2.75, 3.05) is 6.61 Å². The molecule has 34 heavy (non-hydrogen) atoms. The second-order valence-corrected chi connectivity index (χ2v) is 10.8. The van der Waals surface area contributed by atoms with Gasteiger partial charge in [-0.2, -0.15) is 0 Å². The van der Waals surface area contributed by atoms with Gasteiger partial charge in [-0.05, 0) is 12.8 Å². The third-order valence-electron chi connectivity index (χ3n) is 7.25. The second kappa shape index (κ2) is 30.5. The van der Waals surface area contributed by atoms with Gasteiger partial charge in [-0.25, -0.2) is 0 Å². The summed E-state index contributed by atoms with van der Waals surface area (Å²) in [4.78, 5) is 11.8. The van der Waals surface area contributed by atoms with E-state index in [2.05, 4.69) is 13.8 Å². The number of carbonyl (C=O) groups excluding carboxylic acids is 1. The second-order valence-electron chi connectivity index (χ2n) is 10.8. The van der Waals surface area contributed by atoms with Gasteiger partial charge in [-0.1, -0.05) is 174 Å². The Hall–Kier alpha value is -0.530. The van der Waals surface area contributed by atoms with Gasteiger partial charge in [0.15, 0.2) is 0 Å². The zero-order chi connectivity index (χ0) is 24.8. The largest absolute Gasteiger partial charge is 0.466 e. The molecule has 0 fully saturated rings. The molecule has 0 aliphatic heterocycles. The summed E-state index contributed by atoms with van der Waals surface area (Å²) in [5, 5.41) is 0. The third-order valence-corrected chi connectivity index (χ3v) is 7.25. The average Bonchev–Trinajstić information content (AvgIpc) is 2.84. The van der Waals surface area contributed by atoms with Crippen LogP contribution in [0.3, 0.4) is 0 Å². The SMILES string of the molecule is CCCCCCCCCCCCCCCCCCCOC(=O)CCCCCCCCCCCC. The highest BCUT2D eigenvalue weighted by molar-refractivity contribution is 5.69. The lowest BCUT2D eigenvalue weighted by molar-refractivity contribution is -0.143. The molecule has 2 heteroatoms. The van der Waals surface area contributed by atoms with Crippen molar-refractivity contribution in [2.24, 2.45) is 0 Å². The van der Waals surface area contributed by atoms with Crippen molar-refractivity contribution in [2.45, 2.75) is 194 Å². The number of unbranched alkanes of at least 4 members (excludes halogenated alkanes) is 25. The van der Waals surface area contributed by atoms with Crippen LogP contribution in [0, 0.1) is 0 Å². The molecule has 0 aromatic heterocycles. The van der Waals surface area contributed by atoms with E-state index in [1.807, 2.05) is 0 Å². The van der Waals surface area contributed by atoms with Crippen LogP contribution in [0.15, 0.2) is 0 Å². The molecule has 0 N–H and O–H groups in total. The molecule has 0 aromatic rings. The molecule has 0 aliphatic carbocycles. The summed E-state index contributed by atoms with van der Waals surface area (Å²) in [7, 11) is 0. The van der Waals surface area contributed by atoms with Gasteiger partial charge in [-0.15, -0.1) is 0 Å². The van der Waals surface area contributed by atoms with Gasteiger partial charge in [-0.3, -0.25) is 4.79 Å². The first kappa shape index (κ1) is 33.5. The predicted molar refractivity (Wildman–Crippen MR) is 152 cm³/mol. The van der Waals surface area contributed by atoms with E-state index in [-0.39, 0.29) is 5.97 Å². The molecule has 0 unspecified atom stereocenters. The van der Waals surface area contributed by atoms with Crippen molar-refractivity contribution in [1.29, 1.82) is 0 Å². The van der Waals surface area contributed by atoms with E-state index in [1.165, 1.54) is 161 Å². The van der Waals surface area contributed by atoms with Crippen LogP contribution in [0.1, 0.15) is 194 Å². The smallest absolute Gasteiger partial charge is 0.305 e. The molecule has 0 heterocycles. The molecule has 0 bridgehead atoms. The fraction of sp³-hybridized carbons (Fsp3) is 0.969. The first-order valence-corrected chi connectivity index (χ1v) is 16.0. The van der Waals surface area contributed by atoms with E-state index in [4.69, 9.17) is 4.74 Å². The number of carbonyl (C=O) groups is 1. The maximum atomic E-state index is 11.8. The first-order chi connectivity index (χ1) is 16.8. The zero-order valence-electron chi connectivity index (χ0n) is 23.8. The Morgan fingerprint density at radius 3 is 0.971 bits per heavy atom. The van der Waals surface area contributed by atoms with Crippen molar-refractivity contribution in [3.8, 4) is 0 Å². The quantitative estimate of drug-likeness (QED) is 0.0785. The summed E-state index contributed by atoms with van der Waals surface area (Å²) in [5.74, 6) is 0.0241. The van der Waals surface area contributed by atoms with Gasteiger partial charge >= 0.3 is 5.97 Å². The highest BCUT2D eigenvalue weighted by atomic mass is 16.5. The molecule has 0 saturated carbocycles. The first-order valence-electron chi connectivity index (χ1n) is 16.0. The van der Waals surface area contributed by atoms with E-state index in [0.717, 1.165) is 12.8 Å². The summed E-state index contributed by atoms with van der Waals surface area (Å²) in [5.41, 5.74) is 0. The van der Waals surface area contributed by atoms with Crippen LogP contribution < -0.4 is 0 Å². The maximum Gasteiger partial charge on any atom is 0.305 e. The van der Waals surface area contributed by atoms with Crippen LogP contribution in [0.2, 0.25) is 0 Å². The lowest BCUT2D eigenvalue weighted by Gasteiger charge is -2.06. The van der Waals surface area contributed by atoms with Crippen molar-refractivity contribution in [3.63, 3.8) is 0 Å². The van der Waals surface area contributed by atoms with Crippen molar-refractivity contribution >= 4 is 5.97 Å². The highest BCUT2D eigenvalue weighted by Gasteiger charge is 2.02. The summed E-state index contributed by atoms with van der Waals surface area (Å²) < 4.78 is 5.41. The molecule has 2 nitrogen and oxygen atoms in total. The minimum atomic E-state index is 0.0241. The fourth-order valence-corrected chi connectivity index (χ4v) is 4.84. The number of hydrogen-bond acceptors (Lipinski definition) is 2. The lowest BCUT2D eigenvalue weighted by atomic mass is 10.0. The fourth-order valence-electron chi connectivity index (χ4n) is 4.84. The Morgan fingerprint density at radius 1 is 0.382 bits per heavy atom. The number of rotatable bonds is 29. The van der Waals surface area contributed by atoms with Gasteiger partial charge in [0, 0.05) is 6.42 Å². The molecule has 0 aromatic carbocycles. The molecule has 0 rings (SSSR count). The van der Waals surface area contributed by atoms with Gasteiger partial charge in [0.2, 0.25) is 0 Å². The minimum absolute atomic E-state index is 0.0241. The molecular weight excluding hydrogens is 416 g/mol. The van der Waals surface area contributed by atoms with Gasteiger partial charge in [0.05, 0.1) is 6.61 Å². The standard InChI is InChI=1S/C32H64O2/c1-3-5-7-9-11-13-15-16-17-18-19-20-21-23-25-27-29-31-34-32(33)30-28-26-24-22-14-12-10-8-6-4-2/h3-31H2,1-2H3. The van der Waals surface area contributed by atoms with Crippen LogP contribution in [-0.4, -0.2) is 12.6 Å². The van der Waals surface area contributed by atoms with Gasteiger partial charge < -0.3 is 4.74 Å². The molecule has 204 valence electrons. The number of hydrogen-bond donors (Lipinski definition) is 0.